The van der Waals surface area contributed by atoms with Gasteiger partial charge in [-0.25, -0.2) is 0 Å². The van der Waals surface area contributed by atoms with E-state index >= 15 is 0 Å². The molecule has 3 rings (SSSR count). The number of likely N-dealkylation sites (N-methyl/N-ethyl adjacent to an activating group) is 1. The molecule has 0 saturated heterocycles. The van der Waals surface area contributed by atoms with Crippen LogP contribution in [0.25, 0.3) is 0 Å². The smallest absolute Gasteiger partial charge is 0.122 e. The van der Waals surface area contributed by atoms with Gasteiger partial charge in [0.25, 0.3) is 0 Å². The summed E-state index contributed by atoms with van der Waals surface area (Å²) in [6.45, 7) is 0.731. The van der Waals surface area contributed by atoms with E-state index in [0.717, 1.165) is 24.5 Å². The molecule has 5 heteroatoms. The van der Waals surface area contributed by atoms with Crippen molar-refractivity contribution in [3.8, 4) is 5.75 Å². The first kappa shape index (κ1) is 13.5. The lowest BCUT2D eigenvalue weighted by atomic mass is 9.85. The van der Waals surface area contributed by atoms with Crippen molar-refractivity contribution in [1.29, 1.82) is 0 Å². The molecule has 2 unspecified atom stereocenters. The van der Waals surface area contributed by atoms with Gasteiger partial charge in [0, 0.05) is 13.0 Å². The van der Waals surface area contributed by atoms with Gasteiger partial charge >= 0.3 is 0 Å². The number of benzene rings is 1. The Balaban J connectivity index is 2.03. The number of nitrogens with zero attached hydrogens (tertiary/aromatic N) is 2. The summed E-state index contributed by atoms with van der Waals surface area (Å²) in [6.07, 6.45) is 2.66. The molecule has 0 aliphatic carbocycles. The zero-order chi connectivity index (χ0) is 14.1. The van der Waals surface area contributed by atoms with Gasteiger partial charge in [-0.2, -0.15) is 5.10 Å². The summed E-state index contributed by atoms with van der Waals surface area (Å²) in [5.41, 5.74) is 2.26. The van der Waals surface area contributed by atoms with Gasteiger partial charge in [0.15, 0.2) is 0 Å². The summed E-state index contributed by atoms with van der Waals surface area (Å²) in [5.74, 6) is 1.31. The lowest BCUT2D eigenvalue weighted by molar-refractivity contribution is 0.246. The highest BCUT2D eigenvalue weighted by Gasteiger charge is 2.31. The molecule has 0 amide bonds. The number of hydrogen-bond acceptors (Lipinski definition) is 3. The van der Waals surface area contributed by atoms with E-state index in [1.54, 1.807) is 6.20 Å². The minimum absolute atomic E-state index is 0.125. The molecule has 1 aliphatic heterocycles. The van der Waals surface area contributed by atoms with Crippen molar-refractivity contribution in [2.45, 2.75) is 18.4 Å². The van der Waals surface area contributed by atoms with Crippen LogP contribution in [0.2, 0.25) is 5.02 Å². The van der Waals surface area contributed by atoms with Crippen molar-refractivity contribution in [3.05, 3.63) is 46.7 Å². The summed E-state index contributed by atoms with van der Waals surface area (Å²) < 4.78 is 7.59. The third-order valence-corrected chi connectivity index (χ3v) is 4.24. The first-order valence-electron chi connectivity index (χ1n) is 6.78. The van der Waals surface area contributed by atoms with Crippen LogP contribution in [0.3, 0.4) is 0 Å². The number of nitrogens with one attached hydrogen (secondary N) is 1. The number of aromatic nitrogens is 2. The highest BCUT2D eigenvalue weighted by Crippen LogP contribution is 2.42. The molecular formula is C15H18ClN3O. The molecule has 0 bridgehead atoms. The van der Waals surface area contributed by atoms with E-state index < -0.39 is 0 Å². The fourth-order valence-corrected chi connectivity index (χ4v) is 3.30. The second-order valence-electron chi connectivity index (χ2n) is 5.05. The van der Waals surface area contributed by atoms with E-state index in [2.05, 4.69) is 22.5 Å². The lowest BCUT2D eigenvalue weighted by Crippen LogP contribution is -2.29. The van der Waals surface area contributed by atoms with Gasteiger partial charge in [-0.1, -0.05) is 29.8 Å². The molecule has 1 aromatic carbocycles. The maximum absolute atomic E-state index is 6.31. The SMILES string of the molecule is CNC(c1c(Cl)cnn1C)C1CCOc2ccccc21. The first-order chi connectivity index (χ1) is 9.72. The first-order valence-corrected chi connectivity index (χ1v) is 7.16. The summed E-state index contributed by atoms with van der Waals surface area (Å²) in [5, 5.41) is 8.35. The van der Waals surface area contributed by atoms with Crippen molar-refractivity contribution in [2.24, 2.45) is 7.05 Å². The molecular weight excluding hydrogens is 274 g/mol. The Kier molecular flexibility index (Phi) is 3.68. The largest absolute Gasteiger partial charge is 0.493 e. The van der Waals surface area contributed by atoms with Crippen LogP contribution in [0.4, 0.5) is 0 Å². The van der Waals surface area contributed by atoms with Crippen molar-refractivity contribution >= 4 is 11.6 Å². The minimum atomic E-state index is 0.125. The number of rotatable bonds is 3. The van der Waals surface area contributed by atoms with Gasteiger partial charge in [0.1, 0.15) is 5.75 Å². The molecule has 20 heavy (non-hydrogen) atoms. The number of ether oxygens (including phenoxy) is 1. The number of fused-ring (bicyclic) bond motifs is 1. The van der Waals surface area contributed by atoms with Crippen molar-refractivity contribution in [2.75, 3.05) is 13.7 Å². The highest BCUT2D eigenvalue weighted by atomic mass is 35.5. The Labute approximate surface area is 123 Å². The monoisotopic (exact) mass is 291 g/mol. The Morgan fingerprint density at radius 2 is 2.25 bits per heavy atom. The van der Waals surface area contributed by atoms with Gasteiger partial charge in [-0.3, -0.25) is 4.68 Å². The van der Waals surface area contributed by atoms with Crippen LogP contribution in [0.1, 0.15) is 29.6 Å². The van der Waals surface area contributed by atoms with Gasteiger partial charge in [-0.05, 0) is 25.1 Å². The molecule has 1 aromatic heterocycles. The molecule has 0 spiro atoms. The topological polar surface area (TPSA) is 39.1 Å². The van der Waals surface area contributed by atoms with E-state index in [1.807, 2.05) is 30.9 Å². The van der Waals surface area contributed by atoms with Crippen LogP contribution in [0.5, 0.6) is 5.75 Å². The van der Waals surface area contributed by atoms with Crippen molar-refractivity contribution in [1.82, 2.24) is 15.1 Å². The second-order valence-corrected chi connectivity index (χ2v) is 5.46. The fraction of sp³-hybridized carbons (Fsp3) is 0.400. The van der Waals surface area contributed by atoms with Gasteiger partial charge in [-0.15, -0.1) is 0 Å². The van der Waals surface area contributed by atoms with E-state index in [1.165, 1.54) is 5.56 Å². The molecule has 106 valence electrons. The van der Waals surface area contributed by atoms with Gasteiger partial charge in [0.05, 0.1) is 29.6 Å². The molecule has 2 atom stereocenters. The normalized spacial score (nSPS) is 19.2. The molecule has 1 aliphatic rings. The summed E-state index contributed by atoms with van der Waals surface area (Å²) in [7, 11) is 3.89. The molecule has 2 heterocycles. The molecule has 1 N–H and O–H groups in total. The maximum atomic E-state index is 6.31. The highest BCUT2D eigenvalue weighted by molar-refractivity contribution is 6.31. The Morgan fingerprint density at radius 3 is 2.95 bits per heavy atom. The molecule has 0 radical (unpaired) electrons. The third kappa shape index (κ3) is 2.19. The predicted octanol–water partition coefficient (Wildman–Crippen LogP) is 2.90. The predicted molar refractivity (Wildman–Crippen MR) is 79.3 cm³/mol. The standard InChI is InChI=1S/C15H18ClN3O/c1-17-14(15-12(16)9-18-19(15)2)11-7-8-20-13-6-4-3-5-10(11)13/h3-6,9,11,14,17H,7-8H2,1-2H3. The summed E-state index contributed by atoms with van der Waals surface area (Å²) in [6, 6.07) is 8.34. The van der Waals surface area contributed by atoms with E-state index in [9.17, 15) is 0 Å². The Morgan fingerprint density at radius 1 is 1.45 bits per heavy atom. The number of para-hydroxylation sites is 1. The van der Waals surface area contributed by atoms with Crippen LogP contribution in [0.15, 0.2) is 30.5 Å². The van der Waals surface area contributed by atoms with Crippen LogP contribution >= 0.6 is 11.6 Å². The van der Waals surface area contributed by atoms with Crippen LogP contribution in [0, 0.1) is 0 Å². The Hall–Kier alpha value is -1.52. The van der Waals surface area contributed by atoms with E-state index in [4.69, 9.17) is 16.3 Å². The van der Waals surface area contributed by atoms with Gasteiger partial charge < -0.3 is 10.1 Å². The zero-order valence-corrected chi connectivity index (χ0v) is 12.4. The number of aryl methyl sites for hydroxylation is 1. The molecule has 4 nitrogen and oxygen atoms in total. The average molecular weight is 292 g/mol. The summed E-state index contributed by atoms with van der Waals surface area (Å²) in [4.78, 5) is 0. The lowest BCUT2D eigenvalue weighted by Gasteiger charge is -2.32. The zero-order valence-electron chi connectivity index (χ0n) is 11.6. The van der Waals surface area contributed by atoms with Crippen molar-refractivity contribution in [3.63, 3.8) is 0 Å². The Bertz CT molecular complexity index is 591. The molecule has 2 aromatic rings. The van der Waals surface area contributed by atoms with Crippen molar-refractivity contribution < 1.29 is 4.74 Å². The average Bonchev–Trinajstić information content (AvgIpc) is 2.81. The number of hydrogen-bond donors (Lipinski definition) is 1. The summed E-state index contributed by atoms with van der Waals surface area (Å²) >= 11 is 6.31. The second kappa shape index (κ2) is 5.46. The minimum Gasteiger partial charge on any atom is -0.493 e. The van der Waals surface area contributed by atoms with Crippen LogP contribution in [-0.4, -0.2) is 23.4 Å². The van der Waals surface area contributed by atoms with E-state index in [-0.39, 0.29) is 6.04 Å². The third-order valence-electron chi connectivity index (χ3n) is 3.95. The number of halogens is 1. The maximum Gasteiger partial charge on any atom is 0.122 e. The van der Waals surface area contributed by atoms with Crippen LogP contribution < -0.4 is 10.1 Å². The quantitative estimate of drug-likeness (QED) is 0.945. The molecule has 0 saturated carbocycles. The molecule has 0 fully saturated rings. The van der Waals surface area contributed by atoms with Crippen LogP contribution in [-0.2, 0) is 7.05 Å². The van der Waals surface area contributed by atoms with E-state index in [0.29, 0.717) is 10.9 Å². The van der Waals surface area contributed by atoms with Gasteiger partial charge in [0.2, 0.25) is 0 Å². The fourth-order valence-electron chi connectivity index (χ4n) is 3.01.